The fourth-order valence-electron chi connectivity index (χ4n) is 2.00. The summed E-state index contributed by atoms with van der Waals surface area (Å²) >= 11 is 0. The van der Waals surface area contributed by atoms with Gasteiger partial charge in [0, 0.05) is 25.4 Å². The Morgan fingerprint density at radius 3 is 2.71 bits per heavy atom. The van der Waals surface area contributed by atoms with Crippen LogP contribution >= 0.6 is 0 Å². The molecule has 1 atom stereocenters. The van der Waals surface area contributed by atoms with Crippen molar-refractivity contribution in [1.29, 1.82) is 0 Å². The Balaban J connectivity index is 2.56. The quantitative estimate of drug-likeness (QED) is 0.730. The van der Waals surface area contributed by atoms with Crippen molar-refractivity contribution < 1.29 is 9.90 Å². The number of amides is 1. The number of hydrogen-bond donors (Lipinski definition) is 1. The average Bonchev–Trinajstić information content (AvgIpc) is 2.15. The number of aliphatic hydroxyl groups is 1. The van der Waals surface area contributed by atoms with Crippen molar-refractivity contribution in [3.63, 3.8) is 0 Å². The number of carbonyl (C=O) groups is 1. The molecule has 1 heterocycles. The molecule has 1 rings (SSSR count). The van der Waals surface area contributed by atoms with Gasteiger partial charge in [-0.3, -0.25) is 4.79 Å². The third-order valence-electron chi connectivity index (χ3n) is 3.08. The zero-order chi connectivity index (χ0) is 10.8. The first kappa shape index (κ1) is 11.5. The maximum Gasteiger partial charge on any atom is 0.222 e. The first-order valence-electron chi connectivity index (χ1n) is 5.45. The maximum atomic E-state index is 11.5. The second kappa shape index (κ2) is 4.30. The third-order valence-corrected chi connectivity index (χ3v) is 3.08. The van der Waals surface area contributed by atoms with E-state index in [9.17, 15) is 9.90 Å². The molecule has 14 heavy (non-hydrogen) atoms. The summed E-state index contributed by atoms with van der Waals surface area (Å²) in [5.74, 6) is 0.436. The van der Waals surface area contributed by atoms with Gasteiger partial charge in [-0.15, -0.1) is 0 Å². The van der Waals surface area contributed by atoms with Gasteiger partial charge < -0.3 is 10.0 Å². The summed E-state index contributed by atoms with van der Waals surface area (Å²) in [4.78, 5) is 13.4. The van der Waals surface area contributed by atoms with E-state index < -0.39 is 5.60 Å². The second-order valence-corrected chi connectivity index (χ2v) is 4.69. The Labute approximate surface area is 86.1 Å². The number of nitrogens with zero attached hydrogens (tertiary/aromatic N) is 1. The van der Waals surface area contributed by atoms with E-state index in [1.807, 2.05) is 25.7 Å². The van der Waals surface area contributed by atoms with Gasteiger partial charge in [-0.2, -0.15) is 0 Å². The van der Waals surface area contributed by atoms with Gasteiger partial charge in [-0.05, 0) is 26.7 Å². The molecule has 1 unspecified atom stereocenters. The molecule has 1 aliphatic rings. The van der Waals surface area contributed by atoms with Crippen molar-refractivity contribution in [1.82, 2.24) is 4.90 Å². The van der Waals surface area contributed by atoms with E-state index in [4.69, 9.17) is 0 Å². The highest BCUT2D eigenvalue weighted by molar-refractivity contribution is 5.75. The predicted molar refractivity (Wildman–Crippen MR) is 55.9 cm³/mol. The third kappa shape index (κ3) is 2.71. The van der Waals surface area contributed by atoms with E-state index in [2.05, 4.69) is 0 Å². The SMILES string of the molecule is CCC(=O)N1CCCC(C(C)(C)O)C1. The molecular weight excluding hydrogens is 178 g/mol. The molecule has 0 aliphatic carbocycles. The summed E-state index contributed by atoms with van der Waals surface area (Å²) in [5, 5.41) is 9.88. The normalized spacial score (nSPS) is 23.7. The lowest BCUT2D eigenvalue weighted by Crippen LogP contribution is -2.46. The molecule has 0 aromatic carbocycles. The number of rotatable bonds is 2. The summed E-state index contributed by atoms with van der Waals surface area (Å²) in [6, 6.07) is 0. The van der Waals surface area contributed by atoms with E-state index in [-0.39, 0.29) is 11.8 Å². The van der Waals surface area contributed by atoms with Crippen molar-refractivity contribution in [3.8, 4) is 0 Å². The van der Waals surface area contributed by atoms with E-state index in [1.54, 1.807) is 0 Å². The molecule has 0 spiro atoms. The van der Waals surface area contributed by atoms with Crippen molar-refractivity contribution in [2.75, 3.05) is 13.1 Å². The van der Waals surface area contributed by atoms with E-state index in [1.165, 1.54) is 0 Å². The van der Waals surface area contributed by atoms with Crippen LogP contribution < -0.4 is 0 Å². The molecule has 1 N–H and O–H groups in total. The summed E-state index contributed by atoms with van der Waals surface area (Å²) < 4.78 is 0. The van der Waals surface area contributed by atoms with Crippen LogP contribution in [0.3, 0.4) is 0 Å². The monoisotopic (exact) mass is 199 g/mol. The Bertz CT molecular complexity index is 208. The lowest BCUT2D eigenvalue weighted by molar-refractivity contribution is -0.134. The minimum atomic E-state index is -0.660. The van der Waals surface area contributed by atoms with Gasteiger partial charge in [0.25, 0.3) is 0 Å². The molecule has 3 nitrogen and oxygen atoms in total. The van der Waals surface area contributed by atoms with Gasteiger partial charge >= 0.3 is 0 Å². The lowest BCUT2D eigenvalue weighted by atomic mass is 9.84. The van der Waals surface area contributed by atoms with Gasteiger partial charge in [0.2, 0.25) is 5.91 Å². The van der Waals surface area contributed by atoms with E-state index in [0.717, 1.165) is 25.9 Å². The number of piperidine rings is 1. The van der Waals surface area contributed by atoms with Crippen molar-refractivity contribution in [2.45, 2.75) is 45.6 Å². The Morgan fingerprint density at radius 1 is 1.57 bits per heavy atom. The second-order valence-electron chi connectivity index (χ2n) is 4.69. The first-order valence-corrected chi connectivity index (χ1v) is 5.45. The van der Waals surface area contributed by atoms with Crippen LogP contribution in [-0.4, -0.2) is 34.6 Å². The van der Waals surface area contributed by atoms with Crippen LogP contribution in [0.15, 0.2) is 0 Å². The van der Waals surface area contributed by atoms with E-state index >= 15 is 0 Å². The Hall–Kier alpha value is -0.570. The first-order chi connectivity index (χ1) is 6.45. The molecule has 0 aromatic heterocycles. The van der Waals surface area contributed by atoms with Crippen LogP contribution in [0.2, 0.25) is 0 Å². The van der Waals surface area contributed by atoms with E-state index in [0.29, 0.717) is 6.42 Å². The van der Waals surface area contributed by atoms with Gasteiger partial charge in [0.15, 0.2) is 0 Å². The Kier molecular flexibility index (Phi) is 3.53. The predicted octanol–water partition coefficient (Wildman–Crippen LogP) is 1.41. The fourth-order valence-corrected chi connectivity index (χ4v) is 2.00. The van der Waals surface area contributed by atoms with Gasteiger partial charge in [-0.1, -0.05) is 6.92 Å². The topological polar surface area (TPSA) is 40.5 Å². The fraction of sp³-hybridized carbons (Fsp3) is 0.909. The molecule has 0 bridgehead atoms. The molecular formula is C11H21NO2. The summed E-state index contributed by atoms with van der Waals surface area (Å²) in [7, 11) is 0. The molecule has 0 radical (unpaired) electrons. The molecule has 3 heteroatoms. The smallest absolute Gasteiger partial charge is 0.222 e. The minimum Gasteiger partial charge on any atom is -0.390 e. The molecule has 1 amide bonds. The van der Waals surface area contributed by atoms with Crippen LogP contribution in [0.4, 0.5) is 0 Å². The highest BCUT2D eigenvalue weighted by Gasteiger charge is 2.32. The molecule has 0 aromatic rings. The van der Waals surface area contributed by atoms with Crippen LogP contribution in [-0.2, 0) is 4.79 Å². The standard InChI is InChI=1S/C11H21NO2/c1-4-10(13)12-7-5-6-9(8-12)11(2,3)14/h9,14H,4-8H2,1-3H3. The van der Waals surface area contributed by atoms with Crippen LogP contribution in [0.25, 0.3) is 0 Å². The zero-order valence-corrected chi connectivity index (χ0v) is 9.42. The molecule has 1 aliphatic heterocycles. The highest BCUT2D eigenvalue weighted by Crippen LogP contribution is 2.26. The molecule has 0 saturated carbocycles. The van der Waals surface area contributed by atoms with Crippen LogP contribution in [0, 0.1) is 5.92 Å². The van der Waals surface area contributed by atoms with Crippen LogP contribution in [0.1, 0.15) is 40.0 Å². The minimum absolute atomic E-state index is 0.207. The average molecular weight is 199 g/mol. The molecule has 1 fully saturated rings. The van der Waals surface area contributed by atoms with Gasteiger partial charge in [-0.25, -0.2) is 0 Å². The molecule has 82 valence electrons. The Morgan fingerprint density at radius 2 is 2.21 bits per heavy atom. The number of carbonyl (C=O) groups excluding carboxylic acids is 1. The van der Waals surface area contributed by atoms with Gasteiger partial charge in [0.1, 0.15) is 0 Å². The molecule has 1 saturated heterocycles. The highest BCUT2D eigenvalue weighted by atomic mass is 16.3. The van der Waals surface area contributed by atoms with Crippen molar-refractivity contribution in [3.05, 3.63) is 0 Å². The maximum absolute atomic E-state index is 11.5. The summed E-state index contributed by atoms with van der Waals surface area (Å²) in [6.07, 6.45) is 2.61. The van der Waals surface area contributed by atoms with Gasteiger partial charge in [0.05, 0.1) is 5.60 Å². The van der Waals surface area contributed by atoms with Crippen molar-refractivity contribution in [2.24, 2.45) is 5.92 Å². The lowest BCUT2D eigenvalue weighted by Gasteiger charge is -2.38. The summed E-state index contributed by atoms with van der Waals surface area (Å²) in [6.45, 7) is 7.13. The van der Waals surface area contributed by atoms with Crippen molar-refractivity contribution >= 4 is 5.91 Å². The summed E-state index contributed by atoms with van der Waals surface area (Å²) in [5.41, 5.74) is -0.660. The zero-order valence-electron chi connectivity index (χ0n) is 9.42. The largest absolute Gasteiger partial charge is 0.390 e. The number of hydrogen-bond acceptors (Lipinski definition) is 2. The number of likely N-dealkylation sites (tertiary alicyclic amines) is 1. The van der Waals surface area contributed by atoms with Crippen LogP contribution in [0.5, 0.6) is 0 Å².